The van der Waals surface area contributed by atoms with Crippen LogP contribution in [0.4, 0.5) is 8.78 Å². The van der Waals surface area contributed by atoms with Crippen molar-refractivity contribution in [2.75, 3.05) is 0 Å². The molecule has 0 unspecified atom stereocenters. The smallest absolute Gasteiger partial charge is 0.264 e. The molecule has 4 nitrogen and oxygen atoms in total. The van der Waals surface area contributed by atoms with Gasteiger partial charge in [0.1, 0.15) is 5.65 Å². The van der Waals surface area contributed by atoms with Gasteiger partial charge in [0, 0.05) is 23.2 Å². The van der Waals surface area contributed by atoms with Gasteiger partial charge in [-0.05, 0) is 44.5 Å². The molecule has 0 aliphatic heterocycles. The molecule has 0 aromatic carbocycles. The Hall–Kier alpha value is -1.63. The quantitative estimate of drug-likeness (QED) is 0.855. The predicted molar refractivity (Wildman–Crippen MR) is 83.1 cm³/mol. The van der Waals surface area contributed by atoms with Crippen molar-refractivity contribution in [2.24, 2.45) is 0 Å². The highest BCUT2D eigenvalue weighted by Crippen LogP contribution is 2.41. The summed E-state index contributed by atoms with van der Waals surface area (Å²) in [4.78, 5) is 19.2. The van der Waals surface area contributed by atoms with E-state index in [1.807, 2.05) is 13.8 Å². The maximum Gasteiger partial charge on any atom is 0.264 e. The number of hydrogen-bond donors (Lipinski definition) is 1. The Balaban J connectivity index is 2.45. The fourth-order valence-corrected chi connectivity index (χ4v) is 3.00. The summed E-state index contributed by atoms with van der Waals surface area (Å²) in [6.45, 7) is 3.91. The molecule has 118 valence electrons. The fraction of sp³-hybridized carbons (Fsp3) is 0.533. The molecule has 0 amide bonds. The third-order valence-electron chi connectivity index (χ3n) is 4.21. The van der Waals surface area contributed by atoms with Crippen LogP contribution < -0.4 is 5.56 Å². The van der Waals surface area contributed by atoms with Gasteiger partial charge in [-0.25, -0.2) is 13.8 Å². The van der Waals surface area contributed by atoms with Crippen LogP contribution in [0.3, 0.4) is 0 Å². The predicted octanol–water partition coefficient (Wildman–Crippen LogP) is 4.24. The minimum Gasteiger partial charge on any atom is -0.300 e. The summed E-state index contributed by atoms with van der Waals surface area (Å²) < 4.78 is 28.8. The van der Waals surface area contributed by atoms with Crippen molar-refractivity contribution in [3.63, 3.8) is 0 Å². The number of fused-ring (bicyclic) bond motifs is 1. The van der Waals surface area contributed by atoms with Gasteiger partial charge in [-0.2, -0.15) is 0 Å². The topological polar surface area (TPSA) is 50.7 Å². The van der Waals surface area contributed by atoms with Crippen molar-refractivity contribution in [3.8, 4) is 0 Å². The molecule has 1 aliphatic carbocycles. The SMILES string of the molecule is CC[C@H](C)n1c(=S)[nH]c(=O)c2c(C(F)F)cc(C3CC3)nc21. The molecular weight excluding hydrogens is 308 g/mol. The molecule has 22 heavy (non-hydrogen) atoms. The second-order valence-corrected chi connectivity index (χ2v) is 6.18. The molecule has 1 N–H and O–H groups in total. The van der Waals surface area contributed by atoms with Crippen LogP contribution in [0.5, 0.6) is 0 Å². The Kier molecular flexibility index (Phi) is 3.84. The van der Waals surface area contributed by atoms with E-state index in [1.165, 1.54) is 6.07 Å². The first-order valence-electron chi connectivity index (χ1n) is 7.41. The number of aromatic nitrogens is 3. The van der Waals surface area contributed by atoms with Crippen LogP contribution in [0.25, 0.3) is 11.0 Å². The average molecular weight is 325 g/mol. The lowest BCUT2D eigenvalue weighted by molar-refractivity contribution is 0.153. The Morgan fingerprint density at radius 2 is 2.18 bits per heavy atom. The standard InChI is InChI=1S/C15H17F2N3OS/c1-3-7(2)20-13-11(14(21)19-15(20)22)9(12(16)17)6-10(18-13)8-4-5-8/h6-8,12H,3-5H2,1-2H3,(H,19,21,22)/t7-/m0/s1. The summed E-state index contributed by atoms with van der Waals surface area (Å²) in [5, 5.41) is -0.0479. The minimum absolute atomic E-state index is 0.0284. The summed E-state index contributed by atoms with van der Waals surface area (Å²) in [6, 6.07) is 1.35. The number of aromatic amines is 1. The lowest BCUT2D eigenvalue weighted by atomic mass is 10.1. The largest absolute Gasteiger partial charge is 0.300 e. The highest BCUT2D eigenvalue weighted by atomic mass is 32.1. The maximum absolute atomic E-state index is 13.4. The zero-order valence-electron chi connectivity index (χ0n) is 12.4. The van der Waals surface area contributed by atoms with E-state index < -0.39 is 12.0 Å². The lowest BCUT2D eigenvalue weighted by Crippen LogP contribution is -2.20. The number of alkyl halides is 2. The van der Waals surface area contributed by atoms with Gasteiger partial charge in [0.2, 0.25) is 0 Å². The van der Waals surface area contributed by atoms with Gasteiger partial charge in [-0.1, -0.05) is 6.92 Å². The second-order valence-electron chi connectivity index (χ2n) is 5.80. The molecule has 0 spiro atoms. The molecule has 2 heterocycles. The van der Waals surface area contributed by atoms with E-state index >= 15 is 0 Å². The van der Waals surface area contributed by atoms with Gasteiger partial charge in [0.15, 0.2) is 4.77 Å². The normalized spacial score (nSPS) is 16.4. The molecule has 1 aliphatic rings. The molecule has 0 saturated heterocycles. The number of hydrogen-bond acceptors (Lipinski definition) is 3. The van der Waals surface area contributed by atoms with Gasteiger partial charge < -0.3 is 0 Å². The first kappa shape index (κ1) is 15.3. The number of H-pyrrole nitrogens is 1. The maximum atomic E-state index is 13.4. The molecular formula is C15H17F2N3OS. The van der Waals surface area contributed by atoms with E-state index in [1.54, 1.807) is 4.57 Å². The van der Waals surface area contributed by atoms with Gasteiger partial charge >= 0.3 is 0 Å². The van der Waals surface area contributed by atoms with Gasteiger partial charge in [-0.3, -0.25) is 14.3 Å². The Morgan fingerprint density at radius 1 is 1.50 bits per heavy atom. The van der Waals surface area contributed by atoms with Crippen LogP contribution in [-0.4, -0.2) is 14.5 Å². The van der Waals surface area contributed by atoms with E-state index in [0.717, 1.165) is 19.3 Å². The van der Waals surface area contributed by atoms with Crippen LogP contribution in [0.1, 0.15) is 62.8 Å². The highest BCUT2D eigenvalue weighted by Gasteiger charge is 2.29. The first-order chi connectivity index (χ1) is 10.4. The van der Waals surface area contributed by atoms with Crippen LogP contribution in [0, 0.1) is 4.77 Å². The Bertz CT molecular complexity index is 839. The van der Waals surface area contributed by atoms with Gasteiger partial charge in [-0.15, -0.1) is 0 Å². The summed E-state index contributed by atoms with van der Waals surface area (Å²) in [7, 11) is 0. The number of rotatable bonds is 4. The van der Waals surface area contributed by atoms with Crippen molar-refractivity contribution in [1.29, 1.82) is 0 Å². The van der Waals surface area contributed by atoms with Crippen LogP contribution in [0.15, 0.2) is 10.9 Å². The van der Waals surface area contributed by atoms with Crippen molar-refractivity contribution >= 4 is 23.3 Å². The van der Waals surface area contributed by atoms with E-state index in [-0.39, 0.29) is 33.3 Å². The zero-order valence-corrected chi connectivity index (χ0v) is 13.2. The average Bonchev–Trinajstić information content (AvgIpc) is 3.30. The van der Waals surface area contributed by atoms with Crippen molar-refractivity contribution < 1.29 is 8.78 Å². The van der Waals surface area contributed by atoms with Crippen LogP contribution in [-0.2, 0) is 0 Å². The molecule has 2 aromatic heterocycles. The van der Waals surface area contributed by atoms with Crippen molar-refractivity contribution in [1.82, 2.24) is 14.5 Å². The van der Waals surface area contributed by atoms with Crippen molar-refractivity contribution in [3.05, 3.63) is 32.4 Å². The number of nitrogens with one attached hydrogen (secondary N) is 1. The number of halogens is 2. The van der Waals surface area contributed by atoms with E-state index in [9.17, 15) is 13.6 Å². The van der Waals surface area contributed by atoms with E-state index in [0.29, 0.717) is 5.69 Å². The van der Waals surface area contributed by atoms with E-state index in [2.05, 4.69) is 9.97 Å². The molecule has 2 aromatic rings. The molecule has 1 saturated carbocycles. The second kappa shape index (κ2) is 5.53. The van der Waals surface area contributed by atoms with E-state index in [4.69, 9.17) is 12.2 Å². The van der Waals surface area contributed by atoms with Gasteiger partial charge in [0.25, 0.3) is 12.0 Å². The van der Waals surface area contributed by atoms with Crippen LogP contribution >= 0.6 is 12.2 Å². The molecule has 1 fully saturated rings. The first-order valence-corrected chi connectivity index (χ1v) is 7.82. The summed E-state index contributed by atoms with van der Waals surface area (Å²) in [6.07, 6.45) is -0.0528. The number of nitrogens with zero attached hydrogens (tertiary/aromatic N) is 2. The monoisotopic (exact) mass is 325 g/mol. The minimum atomic E-state index is -2.72. The highest BCUT2D eigenvalue weighted by molar-refractivity contribution is 7.71. The summed E-state index contributed by atoms with van der Waals surface area (Å²) >= 11 is 5.22. The Labute approximate surface area is 131 Å². The third-order valence-corrected chi connectivity index (χ3v) is 4.51. The molecule has 7 heteroatoms. The van der Waals surface area contributed by atoms with Gasteiger partial charge in [0.05, 0.1) is 5.39 Å². The van der Waals surface area contributed by atoms with Crippen LogP contribution in [0.2, 0.25) is 0 Å². The summed E-state index contributed by atoms with van der Waals surface area (Å²) in [5.41, 5.74) is 0.0764. The molecule has 3 rings (SSSR count). The fourth-order valence-electron chi connectivity index (χ4n) is 2.65. The zero-order chi connectivity index (χ0) is 16.0. The third kappa shape index (κ3) is 2.47. The van der Waals surface area contributed by atoms with Crippen molar-refractivity contribution in [2.45, 2.75) is 51.5 Å². The molecule has 1 atom stereocenters. The Morgan fingerprint density at radius 3 is 2.73 bits per heavy atom. The summed E-state index contributed by atoms with van der Waals surface area (Å²) in [5.74, 6) is 0.222. The lowest BCUT2D eigenvalue weighted by Gasteiger charge is -2.18. The molecule has 0 radical (unpaired) electrons. The number of pyridine rings is 1. The molecule has 0 bridgehead atoms.